The first-order valence-corrected chi connectivity index (χ1v) is 6.45. The third kappa shape index (κ3) is 4.95. The van der Waals surface area contributed by atoms with Crippen LogP contribution in [0.5, 0.6) is 0 Å². The summed E-state index contributed by atoms with van der Waals surface area (Å²) in [6.07, 6.45) is 12.4. The van der Waals surface area contributed by atoms with Crippen LogP contribution in [0.4, 0.5) is 0 Å². The van der Waals surface area contributed by atoms with Crippen LogP contribution in [0.3, 0.4) is 0 Å². The van der Waals surface area contributed by atoms with E-state index in [9.17, 15) is 0 Å². The lowest BCUT2D eigenvalue weighted by molar-refractivity contribution is 0.130. The molecule has 2 heteroatoms. The second-order valence-corrected chi connectivity index (χ2v) is 4.80. The van der Waals surface area contributed by atoms with Crippen molar-refractivity contribution in [2.75, 3.05) is 20.1 Å². The highest BCUT2D eigenvalue weighted by Gasteiger charge is 2.19. The highest BCUT2D eigenvalue weighted by Crippen LogP contribution is 2.14. The summed E-state index contributed by atoms with van der Waals surface area (Å²) in [6, 6.07) is 0. The first kappa shape index (κ1) is 13.5. The van der Waals surface area contributed by atoms with Gasteiger partial charge in [0.05, 0.1) is 6.17 Å². The van der Waals surface area contributed by atoms with Crippen molar-refractivity contribution in [2.24, 2.45) is 0 Å². The summed E-state index contributed by atoms with van der Waals surface area (Å²) in [4.78, 5) is 2.57. The Morgan fingerprint density at radius 3 is 2.88 bits per heavy atom. The van der Waals surface area contributed by atoms with Gasteiger partial charge in [-0.3, -0.25) is 4.90 Å². The number of rotatable bonds is 5. The van der Waals surface area contributed by atoms with Gasteiger partial charge >= 0.3 is 0 Å². The molecule has 1 rings (SSSR count). The Labute approximate surface area is 100 Å². The number of piperidine rings is 1. The molecule has 0 bridgehead atoms. The first-order valence-electron chi connectivity index (χ1n) is 6.45. The smallest absolute Gasteiger partial charge is 0.0594 e. The Hall–Kier alpha value is -0.600. The molecule has 0 aromatic heterocycles. The van der Waals surface area contributed by atoms with Crippen LogP contribution >= 0.6 is 0 Å². The lowest BCUT2D eigenvalue weighted by atomic mass is 10.1. The summed E-state index contributed by atoms with van der Waals surface area (Å²) in [5.74, 6) is 0. The standard InChI is InChI=1S/C14H26N2/c1-13(2)9-5-4-7-11-16-12-8-6-10-14(16)15-3/h4-5,9,14-15H,6-8,10-12H2,1-3H3/b5-4-. The number of nitrogens with zero attached hydrogens (tertiary/aromatic N) is 1. The fraction of sp³-hybridized carbons (Fsp3) is 0.714. The van der Waals surface area contributed by atoms with Crippen LogP contribution in [0, 0.1) is 0 Å². The molecule has 0 aliphatic carbocycles. The molecule has 16 heavy (non-hydrogen) atoms. The Balaban J connectivity index is 2.25. The zero-order chi connectivity index (χ0) is 11.8. The van der Waals surface area contributed by atoms with Gasteiger partial charge in [-0.25, -0.2) is 0 Å². The quantitative estimate of drug-likeness (QED) is 0.720. The van der Waals surface area contributed by atoms with Gasteiger partial charge in [0.1, 0.15) is 0 Å². The molecule has 0 amide bonds. The van der Waals surface area contributed by atoms with E-state index in [0.29, 0.717) is 6.17 Å². The monoisotopic (exact) mass is 222 g/mol. The molecule has 1 fully saturated rings. The minimum absolute atomic E-state index is 0.602. The Morgan fingerprint density at radius 1 is 1.38 bits per heavy atom. The highest BCUT2D eigenvalue weighted by atomic mass is 15.3. The third-order valence-corrected chi connectivity index (χ3v) is 3.10. The average Bonchev–Trinajstić information content (AvgIpc) is 2.29. The van der Waals surface area contributed by atoms with Gasteiger partial charge in [0.15, 0.2) is 0 Å². The molecular weight excluding hydrogens is 196 g/mol. The van der Waals surface area contributed by atoms with E-state index >= 15 is 0 Å². The maximum Gasteiger partial charge on any atom is 0.0594 e. The predicted molar refractivity (Wildman–Crippen MR) is 71.5 cm³/mol. The minimum atomic E-state index is 0.602. The molecular formula is C14H26N2. The van der Waals surface area contributed by atoms with Crippen molar-refractivity contribution in [1.82, 2.24) is 10.2 Å². The average molecular weight is 222 g/mol. The van der Waals surface area contributed by atoms with Crippen LogP contribution in [0.15, 0.2) is 23.8 Å². The summed E-state index contributed by atoms with van der Waals surface area (Å²) < 4.78 is 0. The van der Waals surface area contributed by atoms with E-state index in [1.807, 2.05) is 0 Å². The van der Waals surface area contributed by atoms with Gasteiger partial charge < -0.3 is 5.32 Å². The number of hydrogen-bond donors (Lipinski definition) is 1. The molecule has 1 aliphatic heterocycles. The fourth-order valence-electron chi connectivity index (χ4n) is 2.18. The highest BCUT2D eigenvalue weighted by molar-refractivity contribution is 5.08. The molecule has 0 saturated carbocycles. The van der Waals surface area contributed by atoms with Gasteiger partial charge in [0.2, 0.25) is 0 Å². The number of nitrogens with one attached hydrogen (secondary N) is 1. The zero-order valence-corrected chi connectivity index (χ0v) is 11.0. The lowest BCUT2D eigenvalue weighted by Gasteiger charge is -2.35. The second kappa shape index (κ2) is 7.64. The van der Waals surface area contributed by atoms with Gasteiger partial charge in [0.25, 0.3) is 0 Å². The van der Waals surface area contributed by atoms with E-state index in [1.54, 1.807) is 0 Å². The number of allylic oxidation sites excluding steroid dienone is 3. The van der Waals surface area contributed by atoms with Crippen LogP contribution in [0.25, 0.3) is 0 Å². The van der Waals surface area contributed by atoms with Crippen molar-refractivity contribution in [3.63, 3.8) is 0 Å². The second-order valence-electron chi connectivity index (χ2n) is 4.80. The Bertz CT molecular complexity index is 239. The molecule has 1 N–H and O–H groups in total. The van der Waals surface area contributed by atoms with Gasteiger partial charge in [-0.15, -0.1) is 0 Å². The molecule has 1 heterocycles. The van der Waals surface area contributed by atoms with E-state index < -0.39 is 0 Å². The molecule has 92 valence electrons. The molecule has 0 radical (unpaired) electrons. The summed E-state index contributed by atoms with van der Waals surface area (Å²) >= 11 is 0. The van der Waals surface area contributed by atoms with Crippen LogP contribution < -0.4 is 5.32 Å². The van der Waals surface area contributed by atoms with Gasteiger partial charge in [-0.1, -0.05) is 23.8 Å². The van der Waals surface area contributed by atoms with Crippen molar-refractivity contribution in [2.45, 2.75) is 45.7 Å². The van der Waals surface area contributed by atoms with Crippen LogP contribution in [0.2, 0.25) is 0 Å². The Kier molecular flexibility index (Phi) is 6.43. The minimum Gasteiger partial charge on any atom is -0.305 e. The van der Waals surface area contributed by atoms with Crippen LogP contribution in [-0.2, 0) is 0 Å². The molecule has 1 unspecified atom stereocenters. The number of hydrogen-bond acceptors (Lipinski definition) is 2. The molecule has 0 aromatic carbocycles. The van der Waals surface area contributed by atoms with Gasteiger partial charge in [0, 0.05) is 6.54 Å². The fourth-order valence-corrected chi connectivity index (χ4v) is 2.18. The van der Waals surface area contributed by atoms with Gasteiger partial charge in [-0.05, 0) is 53.1 Å². The number of likely N-dealkylation sites (tertiary alicyclic amines) is 1. The van der Waals surface area contributed by atoms with Crippen molar-refractivity contribution in [3.05, 3.63) is 23.8 Å². The molecule has 0 aromatic rings. The summed E-state index contributed by atoms with van der Waals surface area (Å²) in [7, 11) is 2.07. The lowest BCUT2D eigenvalue weighted by Crippen LogP contribution is -2.47. The van der Waals surface area contributed by atoms with Crippen LogP contribution in [-0.4, -0.2) is 31.2 Å². The van der Waals surface area contributed by atoms with E-state index in [0.717, 1.165) is 6.42 Å². The molecule has 0 spiro atoms. The molecule has 1 aliphatic rings. The van der Waals surface area contributed by atoms with E-state index in [4.69, 9.17) is 0 Å². The van der Waals surface area contributed by atoms with Crippen molar-refractivity contribution < 1.29 is 0 Å². The predicted octanol–water partition coefficient (Wildman–Crippen LogP) is 2.93. The van der Waals surface area contributed by atoms with Crippen molar-refractivity contribution in [3.8, 4) is 0 Å². The van der Waals surface area contributed by atoms with E-state index in [1.165, 1.54) is 37.9 Å². The molecule has 1 atom stereocenters. The van der Waals surface area contributed by atoms with E-state index in [-0.39, 0.29) is 0 Å². The topological polar surface area (TPSA) is 15.3 Å². The zero-order valence-electron chi connectivity index (χ0n) is 11.0. The van der Waals surface area contributed by atoms with Crippen LogP contribution in [0.1, 0.15) is 39.5 Å². The van der Waals surface area contributed by atoms with E-state index in [2.05, 4.69) is 49.3 Å². The van der Waals surface area contributed by atoms with Crippen molar-refractivity contribution >= 4 is 0 Å². The van der Waals surface area contributed by atoms with Crippen molar-refractivity contribution in [1.29, 1.82) is 0 Å². The summed E-state index contributed by atoms with van der Waals surface area (Å²) in [5.41, 5.74) is 1.36. The summed E-state index contributed by atoms with van der Waals surface area (Å²) in [5, 5.41) is 3.40. The molecule has 2 nitrogen and oxygen atoms in total. The third-order valence-electron chi connectivity index (χ3n) is 3.10. The maximum absolute atomic E-state index is 3.40. The largest absolute Gasteiger partial charge is 0.305 e. The maximum atomic E-state index is 3.40. The first-order chi connectivity index (χ1) is 7.74. The van der Waals surface area contributed by atoms with Gasteiger partial charge in [-0.2, -0.15) is 0 Å². The molecule has 1 saturated heterocycles. The SMILES string of the molecule is CNC1CCCCN1CC/C=C\C=C(C)C. The normalized spacial score (nSPS) is 22.6. The Morgan fingerprint density at radius 2 is 2.19 bits per heavy atom. The summed E-state index contributed by atoms with van der Waals surface area (Å²) in [6.45, 7) is 6.69.